The predicted molar refractivity (Wildman–Crippen MR) is 74.5 cm³/mol. The molecular formula is C15H15N3O2. The fraction of sp³-hybridized carbons (Fsp3) is 0.267. The molecule has 20 heavy (non-hydrogen) atoms. The normalized spacial score (nSPS) is 9.85. The summed E-state index contributed by atoms with van der Waals surface area (Å²) in [6.45, 7) is 0. The van der Waals surface area contributed by atoms with Crippen LogP contribution < -0.4 is 9.47 Å². The zero-order valence-corrected chi connectivity index (χ0v) is 11.5. The number of methoxy groups -OCH3 is 2. The van der Waals surface area contributed by atoms with Gasteiger partial charge in [0.2, 0.25) is 0 Å². The second-order valence-electron chi connectivity index (χ2n) is 4.08. The molecule has 1 aromatic carbocycles. The van der Waals surface area contributed by atoms with E-state index < -0.39 is 0 Å². The zero-order valence-electron chi connectivity index (χ0n) is 11.5. The minimum absolute atomic E-state index is 0.406. The third kappa shape index (κ3) is 3.04. The number of nitriles is 1. The summed E-state index contributed by atoms with van der Waals surface area (Å²) in [5.74, 6) is 2.07. The molecular weight excluding hydrogens is 254 g/mol. The molecule has 0 spiro atoms. The summed E-state index contributed by atoms with van der Waals surface area (Å²) in [7, 11) is 3.22. The SMILES string of the molecule is COc1ccc(-c2ccnc(CCC#N)n2)c(OC)c1. The summed E-state index contributed by atoms with van der Waals surface area (Å²) < 4.78 is 10.5. The molecule has 0 radical (unpaired) electrons. The van der Waals surface area contributed by atoms with E-state index in [4.69, 9.17) is 14.7 Å². The second kappa shape index (κ2) is 6.53. The molecule has 0 aliphatic carbocycles. The van der Waals surface area contributed by atoms with Gasteiger partial charge in [-0.15, -0.1) is 0 Å². The van der Waals surface area contributed by atoms with Crippen molar-refractivity contribution in [1.82, 2.24) is 9.97 Å². The van der Waals surface area contributed by atoms with Crippen molar-refractivity contribution >= 4 is 0 Å². The van der Waals surface area contributed by atoms with Crippen molar-refractivity contribution in [3.63, 3.8) is 0 Å². The Morgan fingerprint density at radius 1 is 1.20 bits per heavy atom. The largest absolute Gasteiger partial charge is 0.497 e. The summed E-state index contributed by atoms with van der Waals surface area (Å²) in [6, 6.07) is 9.48. The smallest absolute Gasteiger partial charge is 0.131 e. The van der Waals surface area contributed by atoms with E-state index in [1.807, 2.05) is 24.3 Å². The lowest BCUT2D eigenvalue weighted by Gasteiger charge is -2.10. The van der Waals surface area contributed by atoms with E-state index in [0.29, 0.717) is 24.4 Å². The van der Waals surface area contributed by atoms with Crippen molar-refractivity contribution in [3.05, 3.63) is 36.3 Å². The van der Waals surface area contributed by atoms with Gasteiger partial charge in [-0.25, -0.2) is 9.97 Å². The van der Waals surface area contributed by atoms with Gasteiger partial charge in [0, 0.05) is 30.7 Å². The fourth-order valence-electron chi connectivity index (χ4n) is 1.85. The first kappa shape index (κ1) is 13.8. The number of rotatable bonds is 5. The van der Waals surface area contributed by atoms with Gasteiger partial charge in [-0.1, -0.05) is 0 Å². The van der Waals surface area contributed by atoms with Crippen LogP contribution in [0.4, 0.5) is 0 Å². The molecule has 2 aromatic rings. The molecule has 2 rings (SSSR count). The van der Waals surface area contributed by atoms with Crippen LogP contribution in [0, 0.1) is 11.3 Å². The number of hydrogen-bond acceptors (Lipinski definition) is 5. The van der Waals surface area contributed by atoms with E-state index in [2.05, 4.69) is 16.0 Å². The standard InChI is InChI=1S/C15H15N3O2/c1-19-11-5-6-12(14(10-11)20-2)13-7-9-17-15(18-13)4-3-8-16/h5-7,9-10H,3-4H2,1-2H3. The van der Waals surface area contributed by atoms with E-state index in [1.54, 1.807) is 20.4 Å². The maximum absolute atomic E-state index is 8.61. The van der Waals surface area contributed by atoms with Crippen LogP contribution in [-0.2, 0) is 6.42 Å². The van der Waals surface area contributed by atoms with Gasteiger partial charge >= 0.3 is 0 Å². The zero-order chi connectivity index (χ0) is 14.4. The highest BCUT2D eigenvalue weighted by Gasteiger charge is 2.09. The Labute approximate surface area is 117 Å². The molecule has 0 bridgehead atoms. The molecule has 5 heteroatoms. The Balaban J connectivity index is 2.38. The first-order valence-corrected chi connectivity index (χ1v) is 6.19. The average Bonchev–Trinajstić information content (AvgIpc) is 2.52. The number of aryl methyl sites for hydroxylation is 1. The molecule has 0 N–H and O–H groups in total. The van der Waals surface area contributed by atoms with Gasteiger partial charge in [0.25, 0.3) is 0 Å². The predicted octanol–water partition coefficient (Wildman–Crippen LogP) is 2.62. The van der Waals surface area contributed by atoms with Crippen molar-refractivity contribution in [2.45, 2.75) is 12.8 Å². The molecule has 0 fully saturated rings. The molecule has 0 saturated carbocycles. The van der Waals surface area contributed by atoms with Crippen molar-refractivity contribution in [3.8, 4) is 28.8 Å². The van der Waals surface area contributed by atoms with Crippen molar-refractivity contribution < 1.29 is 9.47 Å². The minimum Gasteiger partial charge on any atom is -0.497 e. The summed E-state index contributed by atoms with van der Waals surface area (Å²) in [6.07, 6.45) is 2.64. The Hall–Kier alpha value is -2.61. The minimum atomic E-state index is 0.406. The maximum atomic E-state index is 8.61. The summed E-state index contributed by atoms with van der Waals surface area (Å²) in [5.41, 5.74) is 1.64. The van der Waals surface area contributed by atoms with Gasteiger partial charge in [0.05, 0.1) is 26.0 Å². The quantitative estimate of drug-likeness (QED) is 0.834. The molecule has 0 aliphatic heterocycles. The number of aromatic nitrogens is 2. The molecule has 0 amide bonds. The highest BCUT2D eigenvalue weighted by atomic mass is 16.5. The summed E-state index contributed by atoms with van der Waals surface area (Å²) in [4.78, 5) is 8.63. The lowest BCUT2D eigenvalue weighted by Crippen LogP contribution is -1.97. The lowest BCUT2D eigenvalue weighted by molar-refractivity contribution is 0.395. The van der Waals surface area contributed by atoms with E-state index in [9.17, 15) is 0 Å². The molecule has 0 aliphatic rings. The monoisotopic (exact) mass is 269 g/mol. The highest BCUT2D eigenvalue weighted by molar-refractivity contribution is 5.68. The van der Waals surface area contributed by atoms with E-state index in [-0.39, 0.29) is 0 Å². The lowest BCUT2D eigenvalue weighted by atomic mass is 10.1. The third-order valence-electron chi connectivity index (χ3n) is 2.85. The Kier molecular flexibility index (Phi) is 4.51. The van der Waals surface area contributed by atoms with Gasteiger partial charge in [0.1, 0.15) is 17.3 Å². The Morgan fingerprint density at radius 2 is 2.05 bits per heavy atom. The number of benzene rings is 1. The van der Waals surface area contributed by atoms with Crippen LogP contribution in [0.5, 0.6) is 11.5 Å². The van der Waals surface area contributed by atoms with Gasteiger partial charge in [-0.05, 0) is 18.2 Å². The molecule has 102 valence electrons. The van der Waals surface area contributed by atoms with E-state index >= 15 is 0 Å². The summed E-state index contributed by atoms with van der Waals surface area (Å²) >= 11 is 0. The van der Waals surface area contributed by atoms with Crippen LogP contribution in [0.25, 0.3) is 11.3 Å². The number of ether oxygens (including phenoxy) is 2. The van der Waals surface area contributed by atoms with Crippen LogP contribution >= 0.6 is 0 Å². The van der Waals surface area contributed by atoms with Gasteiger partial charge in [-0.3, -0.25) is 0 Å². The van der Waals surface area contributed by atoms with Crippen LogP contribution in [0.2, 0.25) is 0 Å². The van der Waals surface area contributed by atoms with Crippen LogP contribution in [-0.4, -0.2) is 24.2 Å². The highest BCUT2D eigenvalue weighted by Crippen LogP contribution is 2.31. The molecule has 1 heterocycles. The third-order valence-corrected chi connectivity index (χ3v) is 2.85. The molecule has 0 saturated heterocycles. The van der Waals surface area contributed by atoms with Crippen LogP contribution in [0.1, 0.15) is 12.2 Å². The second-order valence-corrected chi connectivity index (χ2v) is 4.08. The van der Waals surface area contributed by atoms with Crippen molar-refractivity contribution in [2.24, 2.45) is 0 Å². The number of hydrogen-bond donors (Lipinski definition) is 0. The van der Waals surface area contributed by atoms with Crippen molar-refractivity contribution in [1.29, 1.82) is 5.26 Å². The summed E-state index contributed by atoms with van der Waals surface area (Å²) in [5, 5.41) is 8.61. The topological polar surface area (TPSA) is 68.0 Å². The van der Waals surface area contributed by atoms with Gasteiger partial charge in [0.15, 0.2) is 0 Å². The van der Waals surface area contributed by atoms with Crippen molar-refractivity contribution in [2.75, 3.05) is 14.2 Å². The number of nitrogens with zero attached hydrogens (tertiary/aromatic N) is 3. The van der Waals surface area contributed by atoms with Crippen LogP contribution in [0.15, 0.2) is 30.5 Å². The van der Waals surface area contributed by atoms with E-state index in [1.165, 1.54) is 0 Å². The van der Waals surface area contributed by atoms with Gasteiger partial charge in [-0.2, -0.15) is 5.26 Å². The first-order chi connectivity index (χ1) is 9.78. The van der Waals surface area contributed by atoms with Crippen LogP contribution in [0.3, 0.4) is 0 Å². The van der Waals surface area contributed by atoms with Gasteiger partial charge < -0.3 is 9.47 Å². The fourth-order valence-corrected chi connectivity index (χ4v) is 1.85. The molecule has 0 atom stereocenters. The van der Waals surface area contributed by atoms with E-state index in [0.717, 1.165) is 17.0 Å². The Bertz CT molecular complexity index is 635. The molecule has 1 aromatic heterocycles. The first-order valence-electron chi connectivity index (χ1n) is 6.19. The average molecular weight is 269 g/mol. The Morgan fingerprint density at radius 3 is 2.75 bits per heavy atom. The molecule has 5 nitrogen and oxygen atoms in total. The molecule has 0 unspecified atom stereocenters. The maximum Gasteiger partial charge on any atom is 0.131 e.